The Bertz CT molecular complexity index is 980. The van der Waals surface area contributed by atoms with Crippen LogP contribution < -0.4 is 4.74 Å². The van der Waals surface area contributed by atoms with E-state index in [0.717, 1.165) is 26.1 Å². The van der Waals surface area contributed by atoms with Gasteiger partial charge in [-0.15, -0.1) is 0 Å². The molecule has 0 saturated carbocycles. The number of aliphatic hydroxyl groups excluding tert-OH is 1. The summed E-state index contributed by atoms with van der Waals surface area (Å²) in [7, 11) is 1.81. The Morgan fingerprint density at radius 2 is 2.00 bits per heavy atom. The molecular weight excluding hydrogens is 468 g/mol. The van der Waals surface area contributed by atoms with E-state index in [4.69, 9.17) is 4.74 Å². The van der Waals surface area contributed by atoms with Crippen LogP contribution in [0.2, 0.25) is 0 Å². The molecule has 0 aliphatic carbocycles. The van der Waals surface area contributed by atoms with Gasteiger partial charge in [0.05, 0.1) is 19.2 Å². The minimum atomic E-state index is -0.360. The fraction of sp³-hybridized carbons (Fsp3) is 0.690. The van der Waals surface area contributed by atoms with Crippen LogP contribution in [0, 0.1) is 23.7 Å². The molecule has 1 aromatic rings. The highest BCUT2D eigenvalue weighted by molar-refractivity contribution is 5.97. The molecule has 2 aliphatic heterocycles. The van der Waals surface area contributed by atoms with Crippen LogP contribution in [0.4, 0.5) is 0 Å². The number of ether oxygens (including phenoxy) is 1. The highest BCUT2D eigenvalue weighted by Crippen LogP contribution is 2.27. The minimum Gasteiger partial charge on any atom is -0.472 e. The Morgan fingerprint density at radius 1 is 1.27 bits per heavy atom. The van der Waals surface area contributed by atoms with Gasteiger partial charge in [0.25, 0.3) is 5.91 Å². The maximum absolute atomic E-state index is 13.5. The summed E-state index contributed by atoms with van der Waals surface area (Å²) in [5.74, 6) is 6.74. The lowest BCUT2D eigenvalue weighted by Gasteiger charge is -2.37. The van der Waals surface area contributed by atoms with Crippen LogP contribution in [0.3, 0.4) is 0 Å². The topological polar surface area (TPSA) is 86.2 Å². The molecule has 1 N–H and O–H groups in total. The summed E-state index contributed by atoms with van der Waals surface area (Å²) in [5, 5.41) is 9.85. The number of aliphatic hydroxyl groups is 1. The van der Waals surface area contributed by atoms with E-state index in [1.165, 1.54) is 19.3 Å². The van der Waals surface area contributed by atoms with Gasteiger partial charge in [-0.3, -0.25) is 9.59 Å². The minimum absolute atomic E-state index is 0.0734. The number of pyridine rings is 1. The second-order valence-electron chi connectivity index (χ2n) is 11.0. The van der Waals surface area contributed by atoms with E-state index >= 15 is 0 Å². The van der Waals surface area contributed by atoms with Crippen molar-refractivity contribution in [1.82, 2.24) is 19.7 Å². The van der Waals surface area contributed by atoms with Gasteiger partial charge < -0.3 is 24.5 Å². The standard InChI is InChI=1S/C29H44N4O4/c1-21(2)10-9-11-24-16-25-28(30-17-24)37-26(22(3)18-33(29(25)36)23(4)20-34)19-31(5)27(35)12-15-32-13-7-6-8-14-32/h16-17,21-23,26,34H,6-8,10,12-15,18-20H2,1-5H3/t22-,23+,26+/m0/s1. The first-order chi connectivity index (χ1) is 17.7. The zero-order valence-corrected chi connectivity index (χ0v) is 23.2. The van der Waals surface area contributed by atoms with Crippen LogP contribution in [-0.2, 0) is 4.79 Å². The monoisotopic (exact) mass is 512 g/mol. The quantitative estimate of drug-likeness (QED) is 0.539. The number of piperidine rings is 1. The molecule has 1 aromatic heterocycles. The maximum Gasteiger partial charge on any atom is 0.259 e. The predicted octanol–water partition coefficient (Wildman–Crippen LogP) is 3.03. The molecule has 204 valence electrons. The fourth-order valence-electron chi connectivity index (χ4n) is 4.75. The summed E-state index contributed by atoms with van der Waals surface area (Å²) in [4.78, 5) is 36.7. The van der Waals surface area contributed by atoms with E-state index in [1.807, 2.05) is 20.9 Å². The lowest BCUT2D eigenvalue weighted by Crippen LogP contribution is -2.50. The summed E-state index contributed by atoms with van der Waals surface area (Å²) in [6, 6.07) is 1.37. The van der Waals surface area contributed by atoms with E-state index in [0.29, 0.717) is 36.6 Å². The number of fused-ring (bicyclic) bond motifs is 1. The molecule has 0 aromatic carbocycles. The molecule has 8 heteroatoms. The number of carbonyl (C=O) groups excluding carboxylic acids is 2. The third kappa shape index (κ3) is 8.18. The van der Waals surface area contributed by atoms with Crippen LogP contribution >= 0.6 is 0 Å². The van der Waals surface area contributed by atoms with Crippen LogP contribution in [0.5, 0.6) is 5.88 Å². The SMILES string of the molecule is CC(C)CC#Cc1cnc2c(c1)C(=O)N([C@H](C)CO)C[C@H](C)[C@@H](CN(C)C(=O)CCN1CCCCC1)O2. The highest BCUT2D eigenvalue weighted by Gasteiger charge is 2.34. The van der Waals surface area contributed by atoms with Crippen molar-refractivity contribution in [2.45, 2.75) is 71.9 Å². The third-order valence-corrected chi connectivity index (χ3v) is 7.23. The average molecular weight is 513 g/mol. The Kier molecular flexibility index (Phi) is 10.8. The van der Waals surface area contributed by atoms with Crippen LogP contribution in [0.15, 0.2) is 12.3 Å². The van der Waals surface area contributed by atoms with E-state index < -0.39 is 0 Å². The number of carbonyl (C=O) groups is 2. The molecule has 1 fully saturated rings. The van der Waals surface area contributed by atoms with Crippen molar-refractivity contribution >= 4 is 11.8 Å². The van der Waals surface area contributed by atoms with Gasteiger partial charge >= 0.3 is 0 Å². The number of hydrogen-bond donors (Lipinski definition) is 1. The summed E-state index contributed by atoms with van der Waals surface area (Å²) in [5.41, 5.74) is 0.996. The third-order valence-electron chi connectivity index (χ3n) is 7.23. The van der Waals surface area contributed by atoms with E-state index in [9.17, 15) is 14.7 Å². The summed E-state index contributed by atoms with van der Waals surface area (Å²) >= 11 is 0. The summed E-state index contributed by atoms with van der Waals surface area (Å²) in [6.45, 7) is 11.6. The van der Waals surface area contributed by atoms with Crippen LogP contribution in [0.25, 0.3) is 0 Å². The van der Waals surface area contributed by atoms with Gasteiger partial charge in [-0.2, -0.15) is 0 Å². The van der Waals surface area contributed by atoms with Gasteiger partial charge in [0, 0.05) is 50.7 Å². The van der Waals surface area contributed by atoms with Crippen molar-refractivity contribution in [2.24, 2.45) is 11.8 Å². The number of rotatable bonds is 8. The molecule has 37 heavy (non-hydrogen) atoms. The lowest BCUT2D eigenvalue weighted by molar-refractivity contribution is -0.131. The van der Waals surface area contributed by atoms with Gasteiger partial charge in [-0.05, 0) is 44.8 Å². The van der Waals surface area contributed by atoms with Crippen molar-refractivity contribution < 1.29 is 19.4 Å². The largest absolute Gasteiger partial charge is 0.472 e. The lowest BCUT2D eigenvalue weighted by atomic mass is 9.99. The second-order valence-corrected chi connectivity index (χ2v) is 11.0. The Hall–Kier alpha value is -2.63. The van der Waals surface area contributed by atoms with Crippen molar-refractivity contribution in [3.8, 4) is 17.7 Å². The van der Waals surface area contributed by atoms with E-state index in [1.54, 1.807) is 22.1 Å². The molecule has 0 unspecified atom stereocenters. The second kappa shape index (κ2) is 13.8. The maximum atomic E-state index is 13.5. The molecule has 3 atom stereocenters. The zero-order chi connectivity index (χ0) is 26.9. The van der Waals surface area contributed by atoms with Crippen molar-refractivity contribution in [1.29, 1.82) is 0 Å². The molecular formula is C29H44N4O4. The number of aromatic nitrogens is 1. The Morgan fingerprint density at radius 3 is 2.68 bits per heavy atom. The molecule has 2 aliphatic rings. The number of nitrogens with zero attached hydrogens (tertiary/aromatic N) is 4. The first-order valence-electron chi connectivity index (χ1n) is 13.7. The summed E-state index contributed by atoms with van der Waals surface area (Å²) in [6.07, 6.45) is 6.21. The molecule has 1 saturated heterocycles. The van der Waals surface area contributed by atoms with Gasteiger partial charge in [0.2, 0.25) is 11.8 Å². The number of amides is 2. The zero-order valence-electron chi connectivity index (χ0n) is 23.2. The fourth-order valence-corrected chi connectivity index (χ4v) is 4.75. The van der Waals surface area contributed by atoms with Gasteiger partial charge in [-0.1, -0.05) is 39.0 Å². The summed E-state index contributed by atoms with van der Waals surface area (Å²) < 4.78 is 6.32. The highest BCUT2D eigenvalue weighted by atomic mass is 16.5. The normalized spacial score (nSPS) is 21.3. The Labute approximate surface area is 222 Å². The molecule has 8 nitrogen and oxygen atoms in total. The van der Waals surface area contributed by atoms with Crippen molar-refractivity contribution in [2.75, 3.05) is 46.4 Å². The van der Waals surface area contributed by atoms with Crippen LogP contribution in [0.1, 0.15) is 75.7 Å². The Balaban J connectivity index is 1.79. The van der Waals surface area contributed by atoms with Gasteiger partial charge in [0.15, 0.2) is 0 Å². The predicted molar refractivity (Wildman–Crippen MR) is 144 cm³/mol. The first-order valence-corrected chi connectivity index (χ1v) is 13.7. The molecule has 0 bridgehead atoms. The smallest absolute Gasteiger partial charge is 0.259 e. The van der Waals surface area contributed by atoms with Crippen molar-refractivity contribution in [3.05, 3.63) is 23.4 Å². The number of likely N-dealkylation sites (N-methyl/N-ethyl adjacent to an activating group) is 1. The van der Waals surface area contributed by atoms with Crippen LogP contribution in [-0.4, -0.2) is 95.1 Å². The molecule has 0 radical (unpaired) electrons. The van der Waals surface area contributed by atoms with E-state index in [-0.39, 0.29) is 42.4 Å². The van der Waals surface area contributed by atoms with E-state index in [2.05, 4.69) is 35.6 Å². The van der Waals surface area contributed by atoms with Gasteiger partial charge in [-0.25, -0.2) is 4.98 Å². The molecule has 0 spiro atoms. The molecule has 3 heterocycles. The average Bonchev–Trinajstić information content (AvgIpc) is 2.89. The number of hydrogen-bond acceptors (Lipinski definition) is 6. The molecule has 3 rings (SSSR count). The van der Waals surface area contributed by atoms with Crippen molar-refractivity contribution in [3.63, 3.8) is 0 Å². The van der Waals surface area contributed by atoms with Gasteiger partial charge in [0.1, 0.15) is 11.7 Å². The first kappa shape index (κ1) is 28.9. The molecule has 2 amide bonds. The number of likely N-dealkylation sites (tertiary alicyclic amines) is 1.